The van der Waals surface area contributed by atoms with Crippen molar-refractivity contribution in [3.05, 3.63) is 65.7 Å². The van der Waals surface area contributed by atoms with Gasteiger partial charge >= 0.3 is 0 Å². The predicted molar refractivity (Wildman–Crippen MR) is 90.0 cm³/mol. The van der Waals surface area contributed by atoms with Crippen molar-refractivity contribution in [1.29, 1.82) is 0 Å². The van der Waals surface area contributed by atoms with Gasteiger partial charge in [0.15, 0.2) is 0 Å². The second-order valence-electron chi connectivity index (χ2n) is 6.01. The van der Waals surface area contributed by atoms with Gasteiger partial charge in [-0.05, 0) is 37.5 Å². The Kier molecular flexibility index (Phi) is 4.14. The van der Waals surface area contributed by atoms with Crippen LogP contribution in [0, 0.1) is 0 Å². The molecule has 0 saturated heterocycles. The van der Waals surface area contributed by atoms with E-state index >= 15 is 0 Å². The van der Waals surface area contributed by atoms with E-state index in [1.807, 2.05) is 43.3 Å². The Hall–Kier alpha value is -2.29. The lowest BCUT2D eigenvalue weighted by Crippen LogP contribution is -2.40. The Bertz CT molecular complexity index is 653. The average molecular weight is 294 g/mol. The first-order valence-corrected chi connectivity index (χ1v) is 7.84. The number of para-hydroxylation sites is 1. The highest BCUT2D eigenvalue weighted by atomic mass is 16.2. The van der Waals surface area contributed by atoms with Crippen molar-refractivity contribution < 1.29 is 4.79 Å². The minimum absolute atomic E-state index is 0.0295. The van der Waals surface area contributed by atoms with Crippen molar-refractivity contribution in [2.45, 2.75) is 32.4 Å². The first-order valence-electron chi connectivity index (χ1n) is 7.84. The van der Waals surface area contributed by atoms with E-state index < -0.39 is 0 Å². The van der Waals surface area contributed by atoms with Crippen LogP contribution in [0.3, 0.4) is 0 Å². The molecule has 2 aromatic carbocycles. The molecular formula is C19H22N2O. The van der Waals surface area contributed by atoms with Crippen molar-refractivity contribution in [3.8, 4) is 0 Å². The molecule has 0 unspecified atom stereocenters. The number of carbonyl (C=O) groups excluding carboxylic acids is 1. The van der Waals surface area contributed by atoms with Gasteiger partial charge in [0.2, 0.25) is 5.91 Å². The van der Waals surface area contributed by atoms with Crippen LogP contribution in [0.5, 0.6) is 0 Å². The molecule has 1 amide bonds. The normalized spacial score (nSPS) is 17.9. The quantitative estimate of drug-likeness (QED) is 0.938. The van der Waals surface area contributed by atoms with E-state index in [9.17, 15) is 4.79 Å². The Morgan fingerprint density at radius 1 is 1.18 bits per heavy atom. The summed E-state index contributed by atoms with van der Waals surface area (Å²) in [7, 11) is 0. The van der Waals surface area contributed by atoms with Crippen LogP contribution in [0.4, 0.5) is 5.69 Å². The summed E-state index contributed by atoms with van der Waals surface area (Å²) in [5, 5.41) is 3.09. The summed E-state index contributed by atoms with van der Waals surface area (Å²) in [4.78, 5) is 14.6. The van der Waals surface area contributed by atoms with E-state index in [2.05, 4.69) is 35.3 Å². The Morgan fingerprint density at radius 2 is 1.86 bits per heavy atom. The van der Waals surface area contributed by atoms with E-state index in [1.165, 1.54) is 11.3 Å². The fraction of sp³-hybridized carbons (Fsp3) is 0.316. The fourth-order valence-corrected chi connectivity index (χ4v) is 3.14. The first-order chi connectivity index (χ1) is 10.6. The molecule has 1 N–H and O–H groups in total. The Morgan fingerprint density at radius 3 is 2.64 bits per heavy atom. The maximum Gasteiger partial charge on any atom is 0.240 e. The lowest BCUT2D eigenvalue weighted by molar-refractivity contribution is -0.120. The van der Waals surface area contributed by atoms with Gasteiger partial charge in [-0.2, -0.15) is 0 Å². The highest BCUT2D eigenvalue weighted by Crippen LogP contribution is 2.31. The summed E-state index contributed by atoms with van der Waals surface area (Å²) in [5.41, 5.74) is 3.65. The van der Waals surface area contributed by atoms with Gasteiger partial charge in [0.05, 0.1) is 12.6 Å². The standard InChI is InChI=1S/C19H22N2O/c1-14-12-17-10-6-7-11-18(17)21(14)13-19(22)20-15(2)16-8-4-3-5-9-16/h3-11,14-15H,12-13H2,1-2H3,(H,20,22)/t14-,15-/m0/s1. The molecule has 0 aliphatic carbocycles. The number of fused-ring (bicyclic) bond motifs is 1. The van der Waals surface area contributed by atoms with E-state index in [-0.39, 0.29) is 11.9 Å². The number of carbonyl (C=O) groups is 1. The Labute approximate surface area is 132 Å². The molecule has 1 heterocycles. The van der Waals surface area contributed by atoms with Crippen molar-refractivity contribution in [2.75, 3.05) is 11.4 Å². The molecule has 0 fully saturated rings. The molecule has 3 rings (SSSR count). The van der Waals surface area contributed by atoms with Gasteiger partial charge in [-0.1, -0.05) is 48.5 Å². The molecule has 0 aromatic heterocycles. The van der Waals surface area contributed by atoms with Gasteiger partial charge < -0.3 is 10.2 Å². The van der Waals surface area contributed by atoms with Gasteiger partial charge in [-0.25, -0.2) is 0 Å². The van der Waals surface area contributed by atoms with Crippen LogP contribution >= 0.6 is 0 Å². The Balaban J connectivity index is 1.65. The van der Waals surface area contributed by atoms with E-state index in [0.29, 0.717) is 12.6 Å². The summed E-state index contributed by atoms with van der Waals surface area (Å²) in [6, 6.07) is 18.8. The molecule has 2 atom stereocenters. The van der Waals surface area contributed by atoms with Crippen LogP contribution < -0.4 is 10.2 Å². The van der Waals surface area contributed by atoms with Crippen LogP contribution in [0.1, 0.15) is 31.0 Å². The molecular weight excluding hydrogens is 272 g/mol. The number of hydrogen-bond donors (Lipinski definition) is 1. The van der Waals surface area contributed by atoms with Gasteiger partial charge in [0, 0.05) is 11.7 Å². The molecule has 2 aromatic rings. The molecule has 0 saturated carbocycles. The lowest BCUT2D eigenvalue weighted by atomic mass is 10.1. The van der Waals surface area contributed by atoms with Gasteiger partial charge in [0.1, 0.15) is 0 Å². The number of rotatable bonds is 4. The molecule has 1 aliphatic rings. The van der Waals surface area contributed by atoms with Gasteiger partial charge in [-0.15, -0.1) is 0 Å². The van der Waals surface area contributed by atoms with Crippen LogP contribution in [-0.4, -0.2) is 18.5 Å². The zero-order valence-electron chi connectivity index (χ0n) is 13.1. The topological polar surface area (TPSA) is 32.3 Å². The number of anilines is 1. The molecule has 0 spiro atoms. The maximum atomic E-state index is 12.4. The third-order valence-electron chi connectivity index (χ3n) is 4.34. The minimum atomic E-state index is 0.0295. The zero-order valence-corrected chi connectivity index (χ0v) is 13.1. The third kappa shape index (κ3) is 2.98. The summed E-state index contributed by atoms with van der Waals surface area (Å²) in [6.45, 7) is 4.61. The smallest absolute Gasteiger partial charge is 0.240 e. The first kappa shape index (κ1) is 14.6. The maximum absolute atomic E-state index is 12.4. The fourth-order valence-electron chi connectivity index (χ4n) is 3.14. The summed E-state index contributed by atoms with van der Waals surface area (Å²) >= 11 is 0. The van der Waals surface area contributed by atoms with Crippen LogP contribution in [0.2, 0.25) is 0 Å². The van der Waals surface area contributed by atoms with Crippen LogP contribution in [0.25, 0.3) is 0 Å². The zero-order chi connectivity index (χ0) is 15.5. The van der Waals surface area contributed by atoms with E-state index in [0.717, 1.165) is 12.0 Å². The number of nitrogens with zero attached hydrogens (tertiary/aromatic N) is 1. The molecule has 1 aliphatic heterocycles. The summed E-state index contributed by atoms with van der Waals surface area (Å²) in [6.07, 6.45) is 1.01. The van der Waals surface area contributed by atoms with Gasteiger partial charge in [0.25, 0.3) is 0 Å². The average Bonchev–Trinajstić information content (AvgIpc) is 2.84. The number of benzene rings is 2. The second kappa shape index (κ2) is 6.22. The van der Waals surface area contributed by atoms with Crippen molar-refractivity contribution in [1.82, 2.24) is 5.32 Å². The van der Waals surface area contributed by atoms with Crippen molar-refractivity contribution >= 4 is 11.6 Å². The number of hydrogen-bond acceptors (Lipinski definition) is 2. The molecule has 0 bridgehead atoms. The minimum Gasteiger partial charge on any atom is -0.359 e. The number of nitrogens with one attached hydrogen (secondary N) is 1. The SMILES string of the molecule is C[C@H](NC(=O)CN1c2ccccc2C[C@@H]1C)c1ccccc1. The molecule has 22 heavy (non-hydrogen) atoms. The summed E-state index contributed by atoms with van der Waals surface area (Å²) in [5.74, 6) is 0.0694. The number of amides is 1. The second-order valence-corrected chi connectivity index (χ2v) is 6.01. The largest absolute Gasteiger partial charge is 0.359 e. The molecule has 3 heteroatoms. The highest BCUT2D eigenvalue weighted by Gasteiger charge is 2.27. The highest BCUT2D eigenvalue weighted by molar-refractivity contribution is 5.83. The summed E-state index contributed by atoms with van der Waals surface area (Å²) < 4.78 is 0. The molecule has 114 valence electrons. The van der Waals surface area contributed by atoms with E-state index in [1.54, 1.807) is 0 Å². The van der Waals surface area contributed by atoms with Crippen molar-refractivity contribution in [3.63, 3.8) is 0 Å². The monoisotopic (exact) mass is 294 g/mol. The van der Waals surface area contributed by atoms with Gasteiger partial charge in [-0.3, -0.25) is 4.79 Å². The lowest BCUT2D eigenvalue weighted by Gasteiger charge is -2.25. The molecule has 3 nitrogen and oxygen atoms in total. The molecule has 0 radical (unpaired) electrons. The predicted octanol–water partition coefficient (Wildman–Crippen LogP) is 3.32. The van der Waals surface area contributed by atoms with Crippen LogP contribution in [-0.2, 0) is 11.2 Å². The van der Waals surface area contributed by atoms with Crippen molar-refractivity contribution in [2.24, 2.45) is 0 Å². The third-order valence-corrected chi connectivity index (χ3v) is 4.34. The van der Waals surface area contributed by atoms with E-state index in [4.69, 9.17) is 0 Å². The van der Waals surface area contributed by atoms with Crippen LogP contribution in [0.15, 0.2) is 54.6 Å².